The molecule has 0 saturated heterocycles. The topological polar surface area (TPSA) is 79.9 Å². The lowest BCUT2D eigenvalue weighted by Gasteiger charge is -2.07. The molecule has 0 radical (unpaired) electrons. The number of nitrogens with zero attached hydrogens (tertiary/aromatic N) is 3. The number of anilines is 1. The maximum atomic E-state index is 11.8. The van der Waals surface area contributed by atoms with Crippen molar-refractivity contribution in [1.29, 1.82) is 5.26 Å². The zero-order valence-electron chi connectivity index (χ0n) is 12.0. The van der Waals surface area contributed by atoms with Crippen LogP contribution in [0.4, 0.5) is 10.5 Å². The predicted molar refractivity (Wildman–Crippen MR) is 77.6 cm³/mol. The second kappa shape index (κ2) is 6.57. The number of ether oxygens (including phenoxy) is 1. The number of hydrogen-bond acceptors (Lipinski definition) is 4. The van der Waals surface area contributed by atoms with Crippen molar-refractivity contribution >= 4 is 11.8 Å². The molecule has 1 N–H and O–H groups in total. The normalized spacial score (nSPS) is 9.95. The minimum absolute atomic E-state index is 0.146. The number of rotatable bonds is 4. The van der Waals surface area contributed by atoms with E-state index in [1.54, 1.807) is 18.5 Å². The molecule has 0 atom stereocenters. The summed E-state index contributed by atoms with van der Waals surface area (Å²) in [4.78, 5) is 11.8. The Kier molecular flexibility index (Phi) is 4.57. The van der Waals surface area contributed by atoms with Gasteiger partial charge in [-0.2, -0.15) is 10.4 Å². The summed E-state index contributed by atoms with van der Waals surface area (Å²) in [6.45, 7) is 3.92. The molecule has 0 aliphatic rings. The number of carbonyl (C=O) groups is 1. The van der Waals surface area contributed by atoms with Crippen molar-refractivity contribution in [1.82, 2.24) is 9.78 Å². The number of amides is 1. The van der Waals surface area contributed by atoms with E-state index in [0.717, 1.165) is 11.3 Å². The molecule has 6 nitrogen and oxygen atoms in total. The molecule has 108 valence electrons. The van der Waals surface area contributed by atoms with Gasteiger partial charge >= 0.3 is 6.09 Å². The van der Waals surface area contributed by atoms with E-state index in [1.807, 2.05) is 36.4 Å². The molecule has 1 aromatic heterocycles. The van der Waals surface area contributed by atoms with Crippen molar-refractivity contribution in [2.45, 2.75) is 27.0 Å². The average molecular weight is 284 g/mol. The third-order valence-corrected chi connectivity index (χ3v) is 3.04. The number of nitriles is 1. The first-order chi connectivity index (χ1) is 10.1. The summed E-state index contributed by atoms with van der Waals surface area (Å²) in [6.07, 6.45) is -0.540. The molecule has 6 heteroatoms. The van der Waals surface area contributed by atoms with Crippen molar-refractivity contribution in [2.24, 2.45) is 0 Å². The summed E-state index contributed by atoms with van der Waals surface area (Å²) in [5.41, 5.74) is 2.88. The Morgan fingerprint density at radius 1 is 1.38 bits per heavy atom. The van der Waals surface area contributed by atoms with Crippen molar-refractivity contribution < 1.29 is 9.53 Å². The fraction of sp³-hybridized carbons (Fsp3) is 0.267. The molecule has 0 fully saturated rings. The molecule has 0 aliphatic heterocycles. The fourth-order valence-electron chi connectivity index (χ4n) is 1.96. The van der Waals surface area contributed by atoms with Gasteiger partial charge < -0.3 is 4.74 Å². The molecule has 2 aromatic rings. The zero-order valence-corrected chi connectivity index (χ0v) is 12.0. The quantitative estimate of drug-likeness (QED) is 0.936. The largest absolute Gasteiger partial charge is 0.444 e. The lowest BCUT2D eigenvalue weighted by Crippen LogP contribution is -2.14. The van der Waals surface area contributed by atoms with E-state index >= 15 is 0 Å². The number of benzene rings is 1. The van der Waals surface area contributed by atoms with Gasteiger partial charge in [-0.25, -0.2) is 4.79 Å². The SMILES string of the molecule is Cc1nn(CC#N)c(C)c1NC(=O)OCc1ccccc1. The van der Waals surface area contributed by atoms with Gasteiger partial charge in [-0.1, -0.05) is 30.3 Å². The number of hydrogen-bond donors (Lipinski definition) is 1. The smallest absolute Gasteiger partial charge is 0.412 e. The van der Waals surface area contributed by atoms with Gasteiger partial charge in [-0.15, -0.1) is 0 Å². The summed E-state index contributed by atoms with van der Waals surface area (Å²) in [7, 11) is 0. The number of carbonyl (C=O) groups excluding carboxylic acids is 1. The predicted octanol–water partition coefficient (Wildman–Crippen LogP) is 2.77. The molecule has 2 rings (SSSR count). The van der Waals surface area contributed by atoms with Gasteiger partial charge in [0.1, 0.15) is 13.2 Å². The summed E-state index contributed by atoms with van der Waals surface area (Å²) < 4.78 is 6.70. The summed E-state index contributed by atoms with van der Waals surface area (Å²) in [5, 5.41) is 15.6. The molecular weight excluding hydrogens is 268 g/mol. The van der Waals surface area contributed by atoms with E-state index in [9.17, 15) is 4.79 Å². The van der Waals surface area contributed by atoms with Crippen LogP contribution in [0.25, 0.3) is 0 Å². The van der Waals surface area contributed by atoms with E-state index in [2.05, 4.69) is 10.4 Å². The molecule has 1 aromatic carbocycles. The Hall–Kier alpha value is -2.81. The third-order valence-electron chi connectivity index (χ3n) is 3.04. The molecular formula is C15H16N4O2. The molecule has 0 spiro atoms. The van der Waals surface area contributed by atoms with Crippen LogP contribution in [0.2, 0.25) is 0 Å². The summed E-state index contributed by atoms with van der Waals surface area (Å²) >= 11 is 0. The van der Waals surface area contributed by atoms with E-state index in [-0.39, 0.29) is 13.2 Å². The van der Waals surface area contributed by atoms with E-state index in [4.69, 9.17) is 10.00 Å². The van der Waals surface area contributed by atoms with Crippen LogP contribution in [0.15, 0.2) is 30.3 Å². The van der Waals surface area contributed by atoms with Crippen LogP contribution in [0.5, 0.6) is 0 Å². The van der Waals surface area contributed by atoms with E-state index < -0.39 is 6.09 Å². The highest BCUT2D eigenvalue weighted by Gasteiger charge is 2.14. The van der Waals surface area contributed by atoms with Crippen LogP contribution in [-0.4, -0.2) is 15.9 Å². The molecule has 1 amide bonds. The van der Waals surface area contributed by atoms with Crippen LogP contribution in [0.3, 0.4) is 0 Å². The lowest BCUT2D eigenvalue weighted by molar-refractivity contribution is 0.155. The monoisotopic (exact) mass is 284 g/mol. The Morgan fingerprint density at radius 3 is 2.76 bits per heavy atom. The Balaban J connectivity index is 1.98. The highest BCUT2D eigenvalue weighted by atomic mass is 16.5. The second-order valence-corrected chi connectivity index (χ2v) is 4.55. The highest BCUT2D eigenvalue weighted by Crippen LogP contribution is 2.19. The first kappa shape index (κ1) is 14.6. The maximum Gasteiger partial charge on any atom is 0.412 e. The fourth-order valence-corrected chi connectivity index (χ4v) is 1.96. The van der Waals surface area contributed by atoms with Crippen molar-refractivity contribution in [3.05, 3.63) is 47.3 Å². The second-order valence-electron chi connectivity index (χ2n) is 4.55. The van der Waals surface area contributed by atoms with Crippen LogP contribution >= 0.6 is 0 Å². The molecule has 0 unspecified atom stereocenters. The van der Waals surface area contributed by atoms with Crippen LogP contribution in [-0.2, 0) is 17.9 Å². The highest BCUT2D eigenvalue weighted by molar-refractivity contribution is 5.86. The molecule has 1 heterocycles. The lowest BCUT2D eigenvalue weighted by atomic mass is 10.2. The maximum absolute atomic E-state index is 11.8. The van der Waals surface area contributed by atoms with Crippen LogP contribution in [0.1, 0.15) is 17.0 Å². The molecule has 21 heavy (non-hydrogen) atoms. The minimum Gasteiger partial charge on any atom is -0.444 e. The average Bonchev–Trinajstić information content (AvgIpc) is 2.74. The van der Waals surface area contributed by atoms with Crippen molar-refractivity contribution in [3.63, 3.8) is 0 Å². The van der Waals surface area contributed by atoms with Gasteiger partial charge in [0.25, 0.3) is 0 Å². The number of aromatic nitrogens is 2. The Labute approximate surface area is 123 Å². The Bertz CT molecular complexity index is 671. The van der Waals surface area contributed by atoms with Crippen molar-refractivity contribution in [2.75, 3.05) is 5.32 Å². The van der Waals surface area contributed by atoms with Gasteiger partial charge in [0.05, 0.1) is 23.1 Å². The van der Waals surface area contributed by atoms with Gasteiger partial charge in [0.2, 0.25) is 0 Å². The van der Waals surface area contributed by atoms with Gasteiger partial charge in [-0.05, 0) is 19.4 Å². The van der Waals surface area contributed by atoms with Crippen LogP contribution in [0, 0.1) is 25.2 Å². The zero-order chi connectivity index (χ0) is 15.2. The van der Waals surface area contributed by atoms with Crippen molar-refractivity contribution in [3.8, 4) is 6.07 Å². The van der Waals surface area contributed by atoms with Gasteiger partial charge in [-0.3, -0.25) is 10.00 Å². The summed E-state index contributed by atoms with van der Waals surface area (Å²) in [5.74, 6) is 0. The van der Waals surface area contributed by atoms with E-state index in [1.165, 1.54) is 0 Å². The molecule has 0 saturated carbocycles. The molecule has 0 aliphatic carbocycles. The van der Waals surface area contributed by atoms with Gasteiger partial charge in [0, 0.05) is 0 Å². The van der Waals surface area contributed by atoms with Gasteiger partial charge in [0.15, 0.2) is 0 Å². The third kappa shape index (κ3) is 3.60. The minimum atomic E-state index is -0.540. The Morgan fingerprint density at radius 2 is 2.10 bits per heavy atom. The first-order valence-electron chi connectivity index (χ1n) is 6.50. The number of nitrogens with one attached hydrogen (secondary N) is 1. The number of aryl methyl sites for hydroxylation is 1. The molecule has 0 bridgehead atoms. The van der Waals surface area contributed by atoms with E-state index in [0.29, 0.717) is 11.4 Å². The van der Waals surface area contributed by atoms with Crippen LogP contribution < -0.4 is 5.32 Å². The first-order valence-corrected chi connectivity index (χ1v) is 6.50. The standard InChI is InChI=1S/C15H16N4O2/c1-11-14(12(2)19(18-11)9-8-16)17-15(20)21-10-13-6-4-3-5-7-13/h3-7H,9-10H2,1-2H3,(H,17,20). The summed E-state index contributed by atoms with van der Waals surface area (Å²) in [6, 6.07) is 11.5.